The first-order chi connectivity index (χ1) is 7.35. The van der Waals surface area contributed by atoms with Crippen molar-refractivity contribution in [3.05, 3.63) is 47.7 Å². The summed E-state index contributed by atoms with van der Waals surface area (Å²) in [4.78, 5) is 3.01. The summed E-state index contributed by atoms with van der Waals surface area (Å²) in [5.74, 6) is 0. The van der Waals surface area contributed by atoms with Crippen molar-refractivity contribution in [2.45, 2.75) is 0 Å². The predicted octanol–water partition coefficient (Wildman–Crippen LogP) is 2.43. The fourth-order valence-electron chi connectivity index (χ4n) is 1.41. The quantitative estimate of drug-likeness (QED) is 0.755. The van der Waals surface area contributed by atoms with Crippen LogP contribution in [0.25, 0.3) is 11.3 Å². The highest BCUT2D eigenvalue weighted by molar-refractivity contribution is 5.67. The topological polar surface area (TPSA) is 63.4 Å². The average molecular weight is 193 g/mol. The van der Waals surface area contributed by atoms with E-state index in [9.17, 15) is 0 Å². The van der Waals surface area contributed by atoms with Gasteiger partial charge in [-0.1, -0.05) is 12.1 Å². The minimum atomic E-state index is 0.611. The van der Waals surface area contributed by atoms with Crippen LogP contribution in [0.4, 0.5) is 0 Å². The molecule has 0 aliphatic heterocycles. The first-order valence-corrected chi connectivity index (χ1v) is 4.43. The number of nitriles is 2. The molecule has 2 aromatic rings. The predicted molar refractivity (Wildman–Crippen MR) is 55.7 cm³/mol. The van der Waals surface area contributed by atoms with Crippen molar-refractivity contribution < 1.29 is 0 Å². The highest BCUT2D eigenvalue weighted by atomic mass is 14.7. The fraction of sp³-hybridized carbons (Fsp3) is 0. The number of benzene rings is 1. The van der Waals surface area contributed by atoms with Crippen LogP contribution in [0.5, 0.6) is 0 Å². The van der Waals surface area contributed by atoms with Crippen LogP contribution in [0.1, 0.15) is 11.1 Å². The minimum absolute atomic E-state index is 0.611. The van der Waals surface area contributed by atoms with Gasteiger partial charge in [0.1, 0.15) is 6.07 Å². The number of hydrogen-bond donors (Lipinski definition) is 1. The van der Waals surface area contributed by atoms with Crippen LogP contribution >= 0.6 is 0 Å². The third-order valence-corrected chi connectivity index (χ3v) is 2.17. The van der Waals surface area contributed by atoms with Crippen molar-refractivity contribution in [1.29, 1.82) is 10.5 Å². The van der Waals surface area contributed by atoms with Crippen LogP contribution < -0.4 is 0 Å². The van der Waals surface area contributed by atoms with E-state index in [1.165, 1.54) is 0 Å². The highest BCUT2D eigenvalue weighted by Gasteiger charge is 2.04. The summed E-state index contributed by atoms with van der Waals surface area (Å²) in [6, 6.07) is 13.0. The van der Waals surface area contributed by atoms with E-state index in [0.29, 0.717) is 11.1 Å². The van der Waals surface area contributed by atoms with Gasteiger partial charge < -0.3 is 4.98 Å². The molecule has 70 valence electrons. The van der Waals surface area contributed by atoms with E-state index in [2.05, 4.69) is 17.1 Å². The number of hydrogen-bond acceptors (Lipinski definition) is 2. The molecule has 0 fully saturated rings. The minimum Gasteiger partial charge on any atom is -0.360 e. The third kappa shape index (κ3) is 1.59. The summed E-state index contributed by atoms with van der Waals surface area (Å²) in [5, 5.41) is 17.5. The monoisotopic (exact) mass is 193 g/mol. The van der Waals surface area contributed by atoms with E-state index < -0.39 is 0 Å². The van der Waals surface area contributed by atoms with Crippen LogP contribution in [-0.4, -0.2) is 4.98 Å². The molecule has 0 amide bonds. The number of H-pyrrole nitrogens is 1. The van der Waals surface area contributed by atoms with Gasteiger partial charge in [-0.3, -0.25) is 0 Å². The lowest BCUT2D eigenvalue weighted by Gasteiger charge is -1.98. The van der Waals surface area contributed by atoms with Crippen molar-refractivity contribution in [3.63, 3.8) is 0 Å². The molecule has 0 bridgehead atoms. The average Bonchev–Trinajstić information content (AvgIpc) is 2.77. The molecule has 1 aromatic carbocycles. The summed E-state index contributed by atoms with van der Waals surface area (Å²) >= 11 is 0. The van der Waals surface area contributed by atoms with Gasteiger partial charge in [-0.2, -0.15) is 10.5 Å². The van der Waals surface area contributed by atoms with Gasteiger partial charge in [0, 0.05) is 6.20 Å². The van der Waals surface area contributed by atoms with Gasteiger partial charge in [-0.25, -0.2) is 0 Å². The Kier molecular flexibility index (Phi) is 2.23. The molecule has 2 rings (SSSR count). The SMILES string of the molecule is N#Cc1ccc(-c2[nH]ccc2C#N)cc1. The van der Waals surface area contributed by atoms with E-state index in [1.807, 2.05) is 12.1 Å². The van der Waals surface area contributed by atoms with Gasteiger partial charge in [-0.15, -0.1) is 0 Å². The van der Waals surface area contributed by atoms with E-state index in [4.69, 9.17) is 10.5 Å². The van der Waals surface area contributed by atoms with Gasteiger partial charge in [0.2, 0.25) is 0 Å². The molecule has 0 saturated carbocycles. The molecule has 0 aliphatic carbocycles. The number of nitrogens with zero attached hydrogens (tertiary/aromatic N) is 2. The molecule has 1 heterocycles. The van der Waals surface area contributed by atoms with Crippen molar-refractivity contribution in [2.24, 2.45) is 0 Å². The molecule has 0 spiro atoms. The maximum absolute atomic E-state index is 8.85. The second-order valence-electron chi connectivity index (χ2n) is 3.07. The molecule has 0 saturated heterocycles. The Bertz CT molecular complexity index is 550. The maximum Gasteiger partial charge on any atom is 0.101 e. The van der Waals surface area contributed by atoms with Crippen molar-refractivity contribution >= 4 is 0 Å². The molecule has 3 heteroatoms. The van der Waals surface area contributed by atoms with Crippen molar-refractivity contribution in [3.8, 4) is 23.4 Å². The summed E-state index contributed by atoms with van der Waals surface area (Å²) in [6.07, 6.45) is 1.73. The lowest BCUT2D eigenvalue weighted by molar-refractivity contribution is 1.38. The molecule has 0 aliphatic rings. The number of rotatable bonds is 1. The third-order valence-electron chi connectivity index (χ3n) is 2.17. The zero-order chi connectivity index (χ0) is 10.7. The van der Waals surface area contributed by atoms with Gasteiger partial charge in [-0.05, 0) is 23.8 Å². The number of nitrogens with one attached hydrogen (secondary N) is 1. The Morgan fingerprint density at radius 3 is 2.27 bits per heavy atom. The van der Waals surface area contributed by atoms with E-state index in [0.717, 1.165) is 11.3 Å². The maximum atomic E-state index is 8.85. The van der Waals surface area contributed by atoms with E-state index in [-0.39, 0.29) is 0 Å². The lowest BCUT2D eigenvalue weighted by atomic mass is 10.1. The van der Waals surface area contributed by atoms with Crippen LogP contribution in [0.15, 0.2) is 36.5 Å². The second-order valence-corrected chi connectivity index (χ2v) is 3.07. The van der Waals surface area contributed by atoms with Crippen LogP contribution in [0.2, 0.25) is 0 Å². The standard InChI is InChI=1S/C12H7N3/c13-7-9-1-3-10(4-2-9)12-11(8-14)5-6-15-12/h1-6,15H. The summed E-state index contributed by atoms with van der Waals surface area (Å²) < 4.78 is 0. The van der Waals surface area contributed by atoms with E-state index in [1.54, 1.807) is 24.4 Å². The zero-order valence-corrected chi connectivity index (χ0v) is 7.86. The molecular formula is C12H7N3. The van der Waals surface area contributed by atoms with E-state index >= 15 is 0 Å². The normalized spacial score (nSPS) is 9.20. The Hall–Kier alpha value is -2.52. The Morgan fingerprint density at radius 2 is 1.67 bits per heavy atom. The molecule has 0 atom stereocenters. The molecule has 0 radical (unpaired) electrons. The van der Waals surface area contributed by atoms with Crippen molar-refractivity contribution in [1.82, 2.24) is 4.98 Å². The van der Waals surface area contributed by atoms with Crippen molar-refractivity contribution in [2.75, 3.05) is 0 Å². The molecule has 3 nitrogen and oxygen atoms in total. The van der Waals surface area contributed by atoms with Crippen LogP contribution in [0.3, 0.4) is 0 Å². The Balaban J connectivity index is 2.48. The number of aromatic amines is 1. The largest absolute Gasteiger partial charge is 0.360 e. The fourth-order valence-corrected chi connectivity index (χ4v) is 1.41. The molecule has 1 N–H and O–H groups in total. The lowest BCUT2D eigenvalue weighted by Crippen LogP contribution is -1.81. The zero-order valence-electron chi connectivity index (χ0n) is 7.86. The smallest absolute Gasteiger partial charge is 0.101 e. The van der Waals surface area contributed by atoms with Gasteiger partial charge >= 0.3 is 0 Å². The summed E-state index contributed by atoms with van der Waals surface area (Å²) in [6.45, 7) is 0. The Morgan fingerprint density at radius 1 is 0.933 bits per heavy atom. The summed E-state index contributed by atoms with van der Waals surface area (Å²) in [7, 11) is 0. The first-order valence-electron chi connectivity index (χ1n) is 4.43. The molecule has 1 aromatic heterocycles. The summed E-state index contributed by atoms with van der Waals surface area (Å²) in [5.41, 5.74) is 2.93. The van der Waals surface area contributed by atoms with Gasteiger partial charge in [0.05, 0.1) is 22.9 Å². The van der Waals surface area contributed by atoms with Gasteiger partial charge in [0.15, 0.2) is 0 Å². The Labute approximate surface area is 87.2 Å². The highest BCUT2D eigenvalue weighted by Crippen LogP contribution is 2.21. The second kappa shape index (κ2) is 3.69. The number of aromatic nitrogens is 1. The first kappa shape index (κ1) is 9.05. The molecule has 0 unspecified atom stereocenters. The molecule has 15 heavy (non-hydrogen) atoms. The van der Waals surface area contributed by atoms with Gasteiger partial charge in [0.25, 0.3) is 0 Å². The van der Waals surface area contributed by atoms with Crippen LogP contribution in [0, 0.1) is 22.7 Å². The van der Waals surface area contributed by atoms with Crippen LogP contribution in [-0.2, 0) is 0 Å². The molecular weight excluding hydrogens is 186 g/mol.